The van der Waals surface area contributed by atoms with Crippen molar-refractivity contribution in [3.05, 3.63) is 106 Å². The average molecular weight is 605 g/mol. The van der Waals surface area contributed by atoms with Crippen LogP contribution in [0, 0.1) is 6.92 Å². The Morgan fingerprint density at radius 3 is 2.62 bits per heavy atom. The summed E-state index contributed by atoms with van der Waals surface area (Å²) in [5.41, 5.74) is 3.10. The number of benzene rings is 1. The van der Waals surface area contributed by atoms with Crippen LogP contribution in [0.4, 0.5) is 0 Å². The molecule has 1 aliphatic heterocycles. The Bertz CT molecular complexity index is 1890. The van der Waals surface area contributed by atoms with Gasteiger partial charge in [0.15, 0.2) is 15.1 Å². The summed E-state index contributed by atoms with van der Waals surface area (Å²) >= 11 is 2.44. The molecule has 1 aliphatic rings. The Labute approximate surface area is 250 Å². The lowest BCUT2D eigenvalue weighted by molar-refractivity contribution is -0.139. The van der Waals surface area contributed by atoms with Crippen LogP contribution in [0.3, 0.4) is 0 Å². The number of ether oxygens (including phenoxy) is 1. The first-order valence-corrected chi connectivity index (χ1v) is 15.5. The minimum Gasteiger partial charge on any atom is -0.463 e. The number of esters is 1. The first kappa shape index (κ1) is 29.5. The lowest BCUT2D eigenvalue weighted by Gasteiger charge is -2.26. The van der Waals surface area contributed by atoms with Crippen molar-refractivity contribution in [2.45, 2.75) is 69.7 Å². The lowest BCUT2D eigenvalue weighted by Crippen LogP contribution is -2.40. The van der Waals surface area contributed by atoms with Gasteiger partial charge >= 0.3 is 5.97 Å². The number of fused-ring (bicyclic) bond motifs is 1. The van der Waals surface area contributed by atoms with Crippen LogP contribution in [-0.4, -0.2) is 27.1 Å². The van der Waals surface area contributed by atoms with E-state index in [0.29, 0.717) is 54.6 Å². The van der Waals surface area contributed by atoms with E-state index in [4.69, 9.17) is 14.1 Å². The molecular weight excluding hydrogens is 572 g/mol. The van der Waals surface area contributed by atoms with E-state index in [1.807, 2.05) is 31.2 Å². The number of carbonyl (C=O) groups excluding carboxylic acids is 1. The molecule has 0 fully saturated rings. The van der Waals surface area contributed by atoms with Crippen LogP contribution in [0.15, 0.2) is 83.0 Å². The van der Waals surface area contributed by atoms with Gasteiger partial charge in [0.1, 0.15) is 5.76 Å². The van der Waals surface area contributed by atoms with Gasteiger partial charge in [0.05, 0.1) is 28.5 Å². The Kier molecular flexibility index (Phi) is 8.79. The molecule has 0 aliphatic carbocycles. The van der Waals surface area contributed by atoms with E-state index in [9.17, 15) is 14.4 Å². The molecule has 4 aromatic rings. The molecule has 0 amide bonds. The third kappa shape index (κ3) is 6.12. The van der Waals surface area contributed by atoms with Crippen molar-refractivity contribution in [3.8, 4) is 0 Å². The van der Waals surface area contributed by atoms with Crippen LogP contribution in [0.25, 0.3) is 6.08 Å². The smallest absolute Gasteiger partial charge is 0.338 e. The maximum Gasteiger partial charge on any atom is 0.338 e. The van der Waals surface area contributed by atoms with Gasteiger partial charge in [-0.1, -0.05) is 62.8 Å². The van der Waals surface area contributed by atoms with Crippen LogP contribution < -0.4 is 20.5 Å². The Hall–Kier alpha value is -3.96. The molecule has 0 spiro atoms. The summed E-state index contributed by atoms with van der Waals surface area (Å²) in [6, 6.07) is 12.3. The molecule has 1 aromatic carbocycles. The molecule has 0 unspecified atom stereocenters. The van der Waals surface area contributed by atoms with Gasteiger partial charge in [0, 0.05) is 17.8 Å². The molecule has 0 bridgehead atoms. The number of H-pyrrole nitrogens is 1. The number of thiazole rings is 1. The minimum absolute atomic E-state index is 0.218. The molecule has 0 saturated carbocycles. The number of carbonyl (C=O) groups is 1. The fraction of sp³-hybridized carbons (Fsp3) is 0.323. The quantitative estimate of drug-likeness (QED) is 0.215. The highest BCUT2D eigenvalue weighted by Crippen LogP contribution is 2.33. The Morgan fingerprint density at radius 1 is 1.19 bits per heavy atom. The molecule has 9 nitrogen and oxygen atoms in total. The first-order valence-electron chi connectivity index (χ1n) is 13.9. The molecule has 4 heterocycles. The van der Waals surface area contributed by atoms with Gasteiger partial charge in [-0.2, -0.15) is 0 Å². The van der Waals surface area contributed by atoms with Gasteiger partial charge in [-0.05, 0) is 61.2 Å². The number of rotatable bonds is 9. The van der Waals surface area contributed by atoms with Crippen molar-refractivity contribution >= 4 is 35.1 Å². The number of hydrogen-bond acceptors (Lipinski definition) is 9. The van der Waals surface area contributed by atoms with Crippen molar-refractivity contribution in [3.63, 3.8) is 0 Å². The number of aromatic amines is 1. The van der Waals surface area contributed by atoms with E-state index in [0.717, 1.165) is 17.5 Å². The lowest BCUT2D eigenvalue weighted by atomic mass is 9.92. The molecule has 3 aromatic heterocycles. The third-order valence-corrected chi connectivity index (χ3v) is 8.52. The van der Waals surface area contributed by atoms with Gasteiger partial charge in [0.25, 0.3) is 11.1 Å². The standard InChI is InChI=1S/C31H32N4O5S2/c1-6-8-22-26(29(38)39-7-2)27(20-11-9-19(10-12-20)17(3)4)35-28(37)23(41-31(35)33-22)16-21-13-14-25(40-21)42-30-32-18(5)15-24(36)34-30/h9-17,27H,6-8H2,1-5H3,(H,32,34,36)/b23-16+/t27-/m0/s1. The Morgan fingerprint density at radius 2 is 1.95 bits per heavy atom. The van der Waals surface area contributed by atoms with Gasteiger partial charge in [-0.25, -0.2) is 14.8 Å². The summed E-state index contributed by atoms with van der Waals surface area (Å²) in [7, 11) is 0. The van der Waals surface area contributed by atoms with Crippen LogP contribution in [0.5, 0.6) is 0 Å². The summed E-state index contributed by atoms with van der Waals surface area (Å²) in [6.45, 7) is 10.0. The van der Waals surface area contributed by atoms with E-state index < -0.39 is 12.0 Å². The van der Waals surface area contributed by atoms with Gasteiger partial charge in [-0.3, -0.25) is 14.2 Å². The number of furan rings is 1. The second-order valence-electron chi connectivity index (χ2n) is 10.2. The maximum atomic E-state index is 14.0. The summed E-state index contributed by atoms with van der Waals surface area (Å²) in [5.74, 6) is 0.344. The van der Waals surface area contributed by atoms with E-state index >= 15 is 0 Å². The number of aryl methyl sites for hydroxylation is 1. The fourth-order valence-electron chi connectivity index (χ4n) is 4.79. The van der Waals surface area contributed by atoms with Gasteiger partial charge < -0.3 is 14.1 Å². The third-order valence-electron chi connectivity index (χ3n) is 6.73. The predicted molar refractivity (Wildman–Crippen MR) is 163 cm³/mol. The molecular formula is C31H32N4O5S2. The molecule has 1 N–H and O–H groups in total. The summed E-state index contributed by atoms with van der Waals surface area (Å²) in [4.78, 5) is 51.4. The van der Waals surface area contributed by atoms with E-state index in [1.165, 1.54) is 29.2 Å². The molecule has 11 heteroatoms. The zero-order valence-corrected chi connectivity index (χ0v) is 25.7. The van der Waals surface area contributed by atoms with Gasteiger partial charge in [-0.15, -0.1) is 0 Å². The van der Waals surface area contributed by atoms with Crippen molar-refractivity contribution < 1.29 is 13.9 Å². The predicted octanol–water partition coefficient (Wildman–Crippen LogP) is 4.84. The average Bonchev–Trinajstić information content (AvgIpc) is 3.50. The highest BCUT2D eigenvalue weighted by Gasteiger charge is 2.34. The number of hydrogen-bond donors (Lipinski definition) is 1. The maximum absolute atomic E-state index is 14.0. The zero-order chi connectivity index (χ0) is 30.0. The molecule has 0 radical (unpaired) electrons. The molecule has 0 saturated heterocycles. The van der Waals surface area contributed by atoms with Crippen LogP contribution in [-0.2, 0) is 9.53 Å². The molecule has 5 rings (SSSR count). The minimum atomic E-state index is -0.669. The monoisotopic (exact) mass is 604 g/mol. The second-order valence-corrected chi connectivity index (χ2v) is 12.2. The van der Waals surface area contributed by atoms with Crippen LogP contribution in [0.2, 0.25) is 0 Å². The number of nitrogens with zero attached hydrogens (tertiary/aromatic N) is 3. The van der Waals surface area contributed by atoms with Crippen molar-refractivity contribution in [2.24, 2.45) is 4.99 Å². The molecule has 42 heavy (non-hydrogen) atoms. The topological polar surface area (TPSA) is 120 Å². The number of allylic oxidation sites excluding steroid dienone is 1. The molecule has 1 atom stereocenters. The highest BCUT2D eigenvalue weighted by atomic mass is 32.2. The van der Waals surface area contributed by atoms with Crippen LogP contribution in [0.1, 0.15) is 75.1 Å². The van der Waals surface area contributed by atoms with E-state index in [-0.39, 0.29) is 17.7 Å². The normalized spacial score (nSPS) is 15.2. The first-order chi connectivity index (χ1) is 20.2. The highest BCUT2D eigenvalue weighted by molar-refractivity contribution is 7.99. The van der Waals surface area contributed by atoms with Crippen molar-refractivity contribution in [2.75, 3.05) is 6.61 Å². The zero-order valence-electron chi connectivity index (χ0n) is 24.1. The van der Waals surface area contributed by atoms with Crippen molar-refractivity contribution in [1.82, 2.24) is 14.5 Å². The van der Waals surface area contributed by atoms with Gasteiger partial charge in [0.2, 0.25) is 0 Å². The fourth-order valence-corrected chi connectivity index (χ4v) is 6.60. The second kappa shape index (κ2) is 12.5. The number of aromatic nitrogens is 3. The Balaban J connectivity index is 1.61. The summed E-state index contributed by atoms with van der Waals surface area (Å²) in [6.07, 6.45) is 3.03. The van der Waals surface area contributed by atoms with Crippen molar-refractivity contribution in [1.29, 1.82) is 0 Å². The van der Waals surface area contributed by atoms with E-state index in [2.05, 4.69) is 23.8 Å². The van der Waals surface area contributed by atoms with E-state index in [1.54, 1.807) is 36.6 Å². The summed E-state index contributed by atoms with van der Waals surface area (Å²) < 4.78 is 13.4. The SMILES string of the molecule is CCCC1=C(C(=O)OCC)[C@H](c2ccc(C(C)C)cc2)n2c(s/c(=C/c3ccc(Sc4nc(C)cc(=O)[nH]4)o3)c2=O)=N1. The largest absolute Gasteiger partial charge is 0.463 e. The number of nitrogens with one attached hydrogen (secondary N) is 1. The van der Waals surface area contributed by atoms with Crippen LogP contribution >= 0.6 is 23.1 Å². The molecule has 218 valence electrons. The summed E-state index contributed by atoms with van der Waals surface area (Å²) in [5, 5.41) is 0.930.